The zero-order chi connectivity index (χ0) is 10.3. The third-order valence-electron chi connectivity index (χ3n) is 2.60. The Morgan fingerprint density at radius 3 is 3.07 bits per heavy atom. The summed E-state index contributed by atoms with van der Waals surface area (Å²) in [5.74, 6) is 1.01. The second-order valence-electron chi connectivity index (χ2n) is 3.59. The molecular formula is C11H11N4+. The highest BCUT2D eigenvalue weighted by Gasteiger charge is 2.18. The lowest BCUT2D eigenvalue weighted by atomic mass is 10.1. The first-order valence-electron chi connectivity index (χ1n) is 4.88. The summed E-state index contributed by atoms with van der Waals surface area (Å²) < 4.78 is 0. The SMILES string of the molecule is Cc1cccc2n[nH]c([NH+]3C=CC=N3)c12. The third-order valence-corrected chi connectivity index (χ3v) is 2.60. The van der Waals surface area contributed by atoms with Gasteiger partial charge in [-0.1, -0.05) is 17.2 Å². The van der Waals surface area contributed by atoms with Crippen LogP contribution in [0.2, 0.25) is 0 Å². The van der Waals surface area contributed by atoms with Gasteiger partial charge in [-0.05, 0) is 18.6 Å². The number of H-pyrrole nitrogens is 1. The molecule has 0 saturated carbocycles. The maximum absolute atomic E-state index is 4.28. The van der Waals surface area contributed by atoms with Crippen molar-refractivity contribution in [3.63, 3.8) is 0 Å². The summed E-state index contributed by atoms with van der Waals surface area (Å²) in [6.45, 7) is 2.09. The minimum Gasteiger partial charge on any atom is -0.228 e. The molecule has 0 saturated heterocycles. The lowest BCUT2D eigenvalue weighted by Gasteiger charge is -2.01. The smallest absolute Gasteiger partial charge is 0.228 e. The molecule has 4 nitrogen and oxygen atoms in total. The fourth-order valence-electron chi connectivity index (χ4n) is 1.88. The number of aryl methyl sites for hydroxylation is 1. The van der Waals surface area contributed by atoms with Gasteiger partial charge in [-0.3, -0.25) is 0 Å². The fraction of sp³-hybridized carbons (Fsp3) is 0.0909. The molecule has 1 aromatic heterocycles. The Hall–Kier alpha value is -1.94. The number of benzene rings is 1. The summed E-state index contributed by atoms with van der Waals surface area (Å²) in [5.41, 5.74) is 2.22. The van der Waals surface area contributed by atoms with E-state index in [2.05, 4.69) is 28.3 Å². The number of hydrogen-bond acceptors (Lipinski definition) is 2. The van der Waals surface area contributed by atoms with Crippen LogP contribution in [-0.4, -0.2) is 16.4 Å². The van der Waals surface area contributed by atoms with Crippen molar-refractivity contribution in [3.05, 3.63) is 36.0 Å². The van der Waals surface area contributed by atoms with Crippen molar-refractivity contribution < 1.29 is 5.01 Å². The number of nitrogens with zero attached hydrogens (tertiary/aromatic N) is 2. The van der Waals surface area contributed by atoms with Crippen LogP contribution in [0.1, 0.15) is 5.56 Å². The van der Waals surface area contributed by atoms with E-state index >= 15 is 0 Å². The number of hydrogen-bond donors (Lipinski definition) is 2. The Balaban J connectivity index is 2.27. The summed E-state index contributed by atoms with van der Waals surface area (Å²) in [6, 6.07) is 6.11. The predicted octanol–water partition coefficient (Wildman–Crippen LogP) is 0.901. The van der Waals surface area contributed by atoms with Gasteiger partial charge in [0.2, 0.25) is 0 Å². The largest absolute Gasteiger partial charge is 0.261 e. The monoisotopic (exact) mass is 199 g/mol. The highest BCUT2D eigenvalue weighted by molar-refractivity contribution is 5.89. The summed E-state index contributed by atoms with van der Waals surface area (Å²) in [6.07, 6.45) is 5.71. The number of quaternary nitrogens is 1. The molecule has 1 aromatic carbocycles. The maximum Gasteiger partial charge on any atom is 0.261 e. The molecule has 1 unspecified atom stereocenters. The van der Waals surface area contributed by atoms with Crippen LogP contribution in [0.25, 0.3) is 10.9 Å². The third kappa shape index (κ3) is 1.19. The molecule has 2 heterocycles. The van der Waals surface area contributed by atoms with Gasteiger partial charge in [0.25, 0.3) is 5.82 Å². The van der Waals surface area contributed by atoms with Gasteiger partial charge >= 0.3 is 0 Å². The quantitative estimate of drug-likeness (QED) is 0.704. The summed E-state index contributed by atoms with van der Waals surface area (Å²) in [4.78, 5) is 0. The maximum atomic E-state index is 4.28. The number of aromatic nitrogens is 2. The molecule has 1 aliphatic heterocycles. The minimum absolute atomic E-state index is 0.951. The number of aromatic amines is 1. The summed E-state index contributed by atoms with van der Waals surface area (Å²) in [7, 11) is 0. The van der Waals surface area contributed by atoms with Gasteiger partial charge in [0.05, 0.1) is 17.1 Å². The van der Waals surface area contributed by atoms with E-state index in [1.807, 2.05) is 24.4 Å². The molecular weight excluding hydrogens is 188 g/mol. The van der Waals surface area contributed by atoms with Crippen LogP contribution < -0.4 is 5.01 Å². The number of rotatable bonds is 1. The van der Waals surface area contributed by atoms with Gasteiger partial charge in [0.1, 0.15) is 6.20 Å². The first-order chi connectivity index (χ1) is 7.36. The molecule has 0 fully saturated rings. The summed E-state index contributed by atoms with van der Waals surface area (Å²) >= 11 is 0. The molecule has 3 rings (SSSR count). The van der Waals surface area contributed by atoms with E-state index < -0.39 is 0 Å². The lowest BCUT2D eigenvalue weighted by Crippen LogP contribution is -2.96. The molecule has 74 valence electrons. The Morgan fingerprint density at radius 2 is 2.27 bits per heavy atom. The average molecular weight is 199 g/mol. The standard InChI is InChI=1S/C11H10N4/c1-8-4-2-5-9-10(8)11(14-13-9)15-7-3-6-12-15/h2-7H,1H3,(H,13,14)/p+1. The Kier molecular flexibility index (Phi) is 1.69. The van der Waals surface area contributed by atoms with Crippen molar-refractivity contribution >= 4 is 22.9 Å². The Bertz CT molecular complexity index is 553. The fourth-order valence-corrected chi connectivity index (χ4v) is 1.88. The van der Waals surface area contributed by atoms with Gasteiger partial charge in [-0.15, -0.1) is 5.01 Å². The van der Waals surface area contributed by atoms with Crippen LogP contribution in [0.15, 0.2) is 35.6 Å². The molecule has 1 atom stereocenters. The predicted molar refractivity (Wildman–Crippen MR) is 59.1 cm³/mol. The van der Waals surface area contributed by atoms with Gasteiger partial charge in [0.15, 0.2) is 0 Å². The van der Waals surface area contributed by atoms with Crippen LogP contribution in [0, 0.1) is 6.92 Å². The topological polar surface area (TPSA) is 45.5 Å². The molecule has 15 heavy (non-hydrogen) atoms. The van der Waals surface area contributed by atoms with Gasteiger partial charge in [0, 0.05) is 6.08 Å². The van der Waals surface area contributed by atoms with E-state index in [-0.39, 0.29) is 0 Å². The second kappa shape index (κ2) is 3.03. The molecule has 0 spiro atoms. The van der Waals surface area contributed by atoms with Crippen LogP contribution in [0.4, 0.5) is 5.82 Å². The first-order valence-corrected chi connectivity index (χ1v) is 4.88. The van der Waals surface area contributed by atoms with Crippen molar-refractivity contribution in [1.29, 1.82) is 0 Å². The van der Waals surface area contributed by atoms with Crippen molar-refractivity contribution in [1.82, 2.24) is 10.2 Å². The molecule has 2 N–H and O–H groups in total. The van der Waals surface area contributed by atoms with Crippen molar-refractivity contribution in [3.8, 4) is 0 Å². The zero-order valence-electron chi connectivity index (χ0n) is 8.36. The van der Waals surface area contributed by atoms with Gasteiger partial charge in [-0.2, -0.15) is 5.10 Å². The molecule has 0 bridgehead atoms. The molecule has 1 aliphatic rings. The van der Waals surface area contributed by atoms with E-state index in [1.165, 1.54) is 5.56 Å². The highest BCUT2D eigenvalue weighted by atomic mass is 15.5. The van der Waals surface area contributed by atoms with E-state index in [4.69, 9.17) is 0 Å². The minimum atomic E-state index is 0.951. The Morgan fingerprint density at radius 1 is 1.33 bits per heavy atom. The van der Waals surface area contributed by atoms with Crippen molar-refractivity contribution in [2.45, 2.75) is 6.92 Å². The van der Waals surface area contributed by atoms with Crippen LogP contribution >= 0.6 is 0 Å². The lowest BCUT2D eigenvalue weighted by molar-refractivity contribution is -0.780. The molecule has 2 aromatic rings. The normalized spacial score (nSPS) is 19.1. The molecule has 0 amide bonds. The van der Waals surface area contributed by atoms with Crippen molar-refractivity contribution in [2.24, 2.45) is 5.10 Å². The zero-order valence-corrected chi connectivity index (χ0v) is 8.36. The first kappa shape index (κ1) is 8.38. The highest BCUT2D eigenvalue weighted by Crippen LogP contribution is 2.21. The van der Waals surface area contributed by atoms with Crippen LogP contribution in [0.3, 0.4) is 0 Å². The van der Waals surface area contributed by atoms with Crippen LogP contribution in [-0.2, 0) is 0 Å². The average Bonchev–Trinajstić information content (AvgIpc) is 2.85. The second-order valence-corrected chi connectivity index (χ2v) is 3.59. The number of fused-ring (bicyclic) bond motifs is 1. The molecule has 0 radical (unpaired) electrons. The van der Waals surface area contributed by atoms with Gasteiger partial charge in [-0.25, -0.2) is 5.10 Å². The number of nitrogens with one attached hydrogen (secondary N) is 2. The molecule has 0 aliphatic carbocycles. The van der Waals surface area contributed by atoms with E-state index in [1.54, 1.807) is 6.21 Å². The molecule has 4 heteroatoms. The number of allylic oxidation sites excluding steroid dienone is 1. The van der Waals surface area contributed by atoms with Crippen molar-refractivity contribution in [2.75, 3.05) is 0 Å². The van der Waals surface area contributed by atoms with E-state index in [0.29, 0.717) is 0 Å². The summed E-state index contributed by atoms with van der Waals surface area (Å²) in [5, 5.41) is 13.7. The Labute approximate surface area is 86.9 Å². The van der Waals surface area contributed by atoms with Crippen LogP contribution in [0.5, 0.6) is 0 Å². The van der Waals surface area contributed by atoms with Gasteiger partial charge < -0.3 is 0 Å². The van der Waals surface area contributed by atoms with E-state index in [0.717, 1.165) is 21.7 Å². The van der Waals surface area contributed by atoms with E-state index in [9.17, 15) is 0 Å².